The van der Waals surface area contributed by atoms with Gasteiger partial charge in [-0.2, -0.15) is 0 Å². The van der Waals surface area contributed by atoms with E-state index >= 15 is 0 Å². The van der Waals surface area contributed by atoms with Crippen molar-refractivity contribution in [3.8, 4) is 0 Å². The summed E-state index contributed by atoms with van der Waals surface area (Å²) in [6.07, 6.45) is 0. The molecule has 1 aliphatic heterocycles. The van der Waals surface area contributed by atoms with Crippen molar-refractivity contribution in [1.82, 2.24) is 5.32 Å². The summed E-state index contributed by atoms with van der Waals surface area (Å²) >= 11 is 1.34. The van der Waals surface area contributed by atoms with Gasteiger partial charge in [-0.25, -0.2) is 4.79 Å². The van der Waals surface area contributed by atoms with Gasteiger partial charge in [0.05, 0.1) is 14.2 Å². The number of thioether (sulfide) groups is 1. The van der Waals surface area contributed by atoms with Crippen LogP contribution in [0.15, 0.2) is 0 Å². The van der Waals surface area contributed by atoms with Crippen molar-refractivity contribution in [2.24, 2.45) is 0 Å². The van der Waals surface area contributed by atoms with Crippen LogP contribution in [0.25, 0.3) is 0 Å². The normalized spacial score (nSPS) is 31.2. The second-order valence-electron chi connectivity index (χ2n) is 3.06. The van der Waals surface area contributed by atoms with Crippen LogP contribution in [0.5, 0.6) is 0 Å². The average molecular weight is 219 g/mol. The van der Waals surface area contributed by atoms with Gasteiger partial charge < -0.3 is 9.47 Å². The second-order valence-corrected chi connectivity index (χ2v) is 4.49. The van der Waals surface area contributed by atoms with E-state index in [1.165, 1.54) is 26.0 Å². The van der Waals surface area contributed by atoms with Crippen LogP contribution in [0.2, 0.25) is 0 Å². The molecule has 0 aromatic carbocycles. The van der Waals surface area contributed by atoms with Crippen LogP contribution in [0.4, 0.5) is 0 Å². The van der Waals surface area contributed by atoms with E-state index in [1.807, 2.05) is 0 Å². The number of methoxy groups -OCH3 is 2. The zero-order chi connectivity index (χ0) is 10.8. The molecule has 0 spiro atoms. The molecule has 1 fully saturated rings. The molecule has 1 rings (SSSR count). The Balaban J connectivity index is 2.64. The smallest absolute Gasteiger partial charge is 0.336 e. The minimum Gasteiger partial charge on any atom is -0.468 e. The molecule has 0 amide bonds. The Labute approximate surface area is 86.5 Å². The molecule has 14 heavy (non-hydrogen) atoms. The summed E-state index contributed by atoms with van der Waals surface area (Å²) in [7, 11) is 2.64. The van der Waals surface area contributed by atoms with Crippen LogP contribution in [0, 0.1) is 0 Å². The third kappa shape index (κ3) is 2.01. The maximum atomic E-state index is 11.3. The van der Waals surface area contributed by atoms with Crippen LogP contribution < -0.4 is 5.32 Å². The molecule has 0 bridgehead atoms. The van der Waals surface area contributed by atoms with E-state index in [2.05, 4.69) is 14.8 Å². The lowest BCUT2D eigenvalue weighted by Gasteiger charge is -2.20. The minimum atomic E-state index is -0.840. The largest absolute Gasteiger partial charge is 0.468 e. The highest BCUT2D eigenvalue weighted by molar-refractivity contribution is 8.01. The summed E-state index contributed by atoms with van der Waals surface area (Å²) in [5.74, 6) is -0.225. The second kappa shape index (κ2) is 4.18. The molecule has 80 valence electrons. The van der Waals surface area contributed by atoms with Crippen LogP contribution in [0.3, 0.4) is 0 Å². The molecule has 1 N–H and O–H groups in total. The van der Waals surface area contributed by atoms with Gasteiger partial charge in [-0.05, 0) is 6.92 Å². The fraction of sp³-hybridized carbons (Fsp3) is 0.750. The number of carbonyl (C=O) groups excluding carboxylic acids is 2. The predicted molar refractivity (Wildman–Crippen MR) is 51.8 cm³/mol. The number of ether oxygens (including phenoxy) is 2. The maximum Gasteiger partial charge on any atom is 0.336 e. The first-order chi connectivity index (χ1) is 6.53. The van der Waals surface area contributed by atoms with Gasteiger partial charge in [0.25, 0.3) is 0 Å². The lowest BCUT2D eigenvalue weighted by Crippen LogP contribution is -2.49. The molecule has 5 nitrogen and oxygen atoms in total. The van der Waals surface area contributed by atoms with Gasteiger partial charge in [0.1, 0.15) is 6.04 Å². The molecule has 1 unspecified atom stereocenters. The Hall–Kier alpha value is -0.750. The Morgan fingerprint density at radius 1 is 1.43 bits per heavy atom. The highest BCUT2D eigenvalue weighted by atomic mass is 32.2. The standard InChI is InChI=1S/C8H13NO4S/c1-8(7(11)13-3)9-5(4-14-8)6(10)12-2/h5,9H,4H2,1-3H3/t5-,8?/m0/s1. The average Bonchev–Trinajstić information content (AvgIpc) is 2.60. The van der Waals surface area contributed by atoms with E-state index in [4.69, 9.17) is 0 Å². The van der Waals surface area contributed by atoms with Crippen molar-refractivity contribution in [2.75, 3.05) is 20.0 Å². The molecule has 1 heterocycles. The molecule has 0 radical (unpaired) electrons. The van der Waals surface area contributed by atoms with Crippen molar-refractivity contribution in [2.45, 2.75) is 17.8 Å². The summed E-state index contributed by atoms with van der Waals surface area (Å²) in [5.41, 5.74) is 0. The van der Waals surface area contributed by atoms with Gasteiger partial charge in [0, 0.05) is 5.75 Å². The summed E-state index contributed by atoms with van der Waals surface area (Å²) in [5, 5.41) is 2.88. The highest BCUT2D eigenvalue weighted by Gasteiger charge is 2.45. The van der Waals surface area contributed by atoms with Gasteiger partial charge in [-0.1, -0.05) is 0 Å². The van der Waals surface area contributed by atoms with E-state index in [0.717, 1.165) is 0 Å². The van der Waals surface area contributed by atoms with E-state index in [-0.39, 0.29) is 11.9 Å². The molecule has 0 aromatic heterocycles. The Morgan fingerprint density at radius 3 is 2.57 bits per heavy atom. The summed E-state index contributed by atoms with van der Waals surface area (Å²) in [6, 6.07) is -0.436. The Kier molecular flexibility index (Phi) is 3.38. The molecule has 2 atom stereocenters. The summed E-state index contributed by atoms with van der Waals surface area (Å²) in [4.78, 5) is 21.7. The third-order valence-electron chi connectivity index (χ3n) is 2.05. The molecule has 0 saturated carbocycles. The molecule has 1 saturated heterocycles. The number of hydrogen-bond donors (Lipinski definition) is 1. The van der Waals surface area contributed by atoms with Crippen LogP contribution in [0.1, 0.15) is 6.92 Å². The predicted octanol–water partition coefficient (Wildman–Crippen LogP) is -0.246. The fourth-order valence-corrected chi connectivity index (χ4v) is 2.39. The minimum absolute atomic E-state index is 0.356. The summed E-state index contributed by atoms with van der Waals surface area (Å²) in [6.45, 7) is 1.69. The highest BCUT2D eigenvalue weighted by Crippen LogP contribution is 2.31. The summed E-state index contributed by atoms with van der Waals surface area (Å²) < 4.78 is 9.20. The van der Waals surface area contributed by atoms with Crippen molar-refractivity contribution < 1.29 is 19.1 Å². The first kappa shape index (κ1) is 11.3. The molecular formula is C8H13NO4S. The zero-order valence-corrected chi connectivity index (χ0v) is 9.14. The zero-order valence-electron chi connectivity index (χ0n) is 8.33. The van der Waals surface area contributed by atoms with Crippen LogP contribution >= 0.6 is 11.8 Å². The lowest BCUT2D eigenvalue weighted by molar-refractivity contribution is -0.146. The number of hydrogen-bond acceptors (Lipinski definition) is 6. The van der Waals surface area contributed by atoms with Crippen LogP contribution in [-0.2, 0) is 19.1 Å². The Morgan fingerprint density at radius 2 is 2.07 bits per heavy atom. The topological polar surface area (TPSA) is 64.6 Å². The molecule has 1 aliphatic rings. The molecule has 6 heteroatoms. The van der Waals surface area contributed by atoms with E-state index < -0.39 is 10.9 Å². The van der Waals surface area contributed by atoms with Crippen molar-refractivity contribution in [1.29, 1.82) is 0 Å². The molecular weight excluding hydrogens is 206 g/mol. The van der Waals surface area contributed by atoms with E-state index in [9.17, 15) is 9.59 Å². The van der Waals surface area contributed by atoms with Crippen molar-refractivity contribution >= 4 is 23.7 Å². The SMILES string of the molecule is COC(=O)[C@@H]1CSC(C)(C(=O)OC)N1. The molecule has 0 aliphatic carbocycles. The fourth-order valence-electron chi connectivity index (χ4n) is 1.25. The van der Waals surface area contributed by atoms with Gasteiger partial charge in [0.15, 0.2) is 4.87 Å². The number of esters is 2. The van der Waals surface area contributed by atoms with E-state index in [1.54, 1.807) is 6.92 Å². The van der Waals surface area contributed by atoms with Crippen molar-refractivity contribution in [3.05, 3.63) is 0 Å². The Bertz CT molecular complexity index is 258. The first-order valence-corrected chi connectivity index (χ1v) is 5.10. The quantitative estimate of drug-likeness (QED) is 0.646. The maximum absolute atomic E-state index is 11.3. The number of rotatable bonds is 2. The van der Waals surface area contributed by atoms with Crippen molar-refractivity contribution in [3.63, 3.8) is 0 Å². The van der Waals surface area contributed by atoms with Gasteiger partial charge in [0.2, 0.25) is 0 Å². The first-order valence-electron chi connectivity index (χ1n) is 4.11. The third-order valence-corrected chi connectivity index (χ3v) is 3.41. The number of nitrogens with one attached hydrogen (secondary N) is 1. The van der Waals surface area contributed by atoms with E-state index in [0.29, 0.717) is 5.75 Å². The monoisotopic (exact) mass is 219 g/mol. The number of carbonyl (C=O) groups is 2. The van der Waals surface area contributed by atoms with Gasteiger partial charge in [-0.3, -0.25) is 10.1 Å². The molecule has 0 aromatic rings. The van der Waals surface area contributed by atoms with Crippen LogP contribution in [-0.4, -0.2) is 42.8 Å². The van der Waals surface area contributed by atoms with Gasteiger partial charge >= 0.3 is 11.9 Å². The van der Waals surface area contributed by atoms with Gasteiger partial charge in [-0.15, -0.1) is 11.8 Å². The lowest BCUT2D eigenvalue weighted by atomic mass is 10.2.